The van der Waals surface area contributed by atoms with Gasteiger partial charge in [-0.3, -0.25) is 0 Å². The molecule has 0 aliphatic carbocycles. The molecule has 0 amide bonds. The highest BCUT2D eigenvalue weighted by Gasteiger charge is 2.14. The number of benzene rings is 2. The highest BCUT2D eigenvalue weighted by molar-refractivity contribution is 7.98. The molecule has 0 N–H and O–H groups in total. The van der Waals surface area contributed by atoms with Gasteiger partial charge < -0.3 is 0 Å². The largest absolute Gasteiger partial charge is 0.241 e. The SMILES string of the molecule is Cc1cccc(C)c1-n1nnnc1SCc1ccn(-c2cccc(F)c2)n1. The van der Waals surface area contributed by atoms with Gasteiger partial charge in [0.25, 0.3) is 0 Å². The smallest absolute Gasteiger partial charge is 0.214 e. The lowest BCUT2D eigenvalue weighted by atomic mass is 10.1. The van der Waals surface area contributed by atoms with Gasteiger partial charge in [-0.05, 0) is 59.7 Å². The van der Waals surface area contributed by atoms with Crippen molar-refractivity contribution >= 4 is 11.8 Å². The molecule has 4 aromatic rings. The number of halogens is 1. The van der Waals surface area contributed by atoms with Crippen molar-refractivity contribution in [1.82, 2.24) is 30.0 Å². The Balaban J connectivity index is 1.54. The van der Waals surface area contributed by atoms with Crippen LogP contribution in [0, 0.1) is 19.7 Å². The Bertz CT molecular complexity index is 1070. The monoisotopic (exact) mass is 380 g/mol. The quantitative estimate of drug-likeness (QED) is 0.492. The first kappa shape index (κ1) is 17.4. The van der Waals surface area contributed by atoms with Crippen LogP contribution in [0.15, 0.2) is 59.9 Å². The second-order valence-electron chi connectivity index (χ2n) is 6.13. The number of tetrazole rings is 1. The predicted octanol–water partition coefficient (Wildman–Crippen LogP) is 3.90. The number of nitrogens with zero attached hydrogens (tertiary/aromatic N) is 6. The van der Waals surface area contributed by atoms with Crippen LogP contribution in [0.4, 0.5) is 4.39 Å². The minimum Gasteiger partial charge on any atom is -0.241 e. The summed E-state index contributed by atoms with van der Waals surface area (Å²) in [7, 11) is 0. The van der Waals surface area contributed by atoms with Gasteiger partial charge in [-0.2, -0.15) is 9.78 Å². The van der Waals surface area contributed by atoms with Gasteiger partial charge in [0.05, 0.1) is 17.1 Å². The van der Waals surface area contributed by atoms with Gasteiger partial charge in [0, 0.05) is 11.9 Å². The predicted molar refractivity (Wildman–Crippen MR) is 102 cm³/mol. The minimum absolute atomic E-state index is 0.285. The maximum absolute atomic E-state index is 13.4. The van der Waals surface area contributed by atoms with E-state index in [0.717, 1.165) is 22.5 Å². The summed E-state index contributed by atoms with van der Waals surface area (Å²) in [6, 6.07) is 14.4. The molecule has 0 aliphatic heterocycles. The Hall–Kier alpha value is -3.00. The van der Waals surface area contributed by atoms with E-state index in [1.54, 1.807) is 15.4 Å². The van der Waals surface area contributed by atoms with E-state index in [9.17, 15) is 4.39 Å². The van der Waals surface area contributed by atoms with Crippen LogP contribution in [0.25, 0.3) is 11.4 Å². The second-order valence-corrected chi connectivity index (χ2v) is 7.08. The molecule has 136 valence electrons. The zero-order chi connectivity index (χ0) is 18.8. The first-order chi connectivity index (χ1) is 13.1. The van der Waals surface area contributed by atoms with Crippen molar-refractivity contribution in [3.05, 3.63) is 77.4 Å². The first-order valence-electron chi connectivity index (χ1n) is 8.40. The van der Waals surface area contributed by atoms with Crippen molar-refractivity contribution in [2.24, 2.45) is 0 Å². The van der Waals surface area contributed by atoms with E-state index in [4.69, 9.17) is 0 Å². The lowest BCUT2D eigenvalue weighted by Crippen LogP contribution is -2.04. The van der Waals surface area contributed by atoms with E-state index in [1.807, 2.05) is 50.4 Å². The summed E-state index contributed by atoms with van der Waals surface area (Å²) in [5.41, 5.74) is 4.77. The van der Waals surface area contributed by atoms with E-state index >= 15 is 0 Å². The van der Waals surface area contributed by atoms with Crippen molar-refractivity contribution in [2.45, 2.75) is 24.8 Å². The normalized spacial score (nSPS) is 11.1. The van der Waals surface area contributed by atoms with Crippen LogP contribution in [0.3, 0.4) is 0 Å². The number of thioether (sulfide) groups is 1. The van der Waals surface area contributed by atoms with E-state index in [1.165, 1.54) is 23.9 Å². The van der Waals surface area contributed by atoms with Crippen LogP contribution < -0.4 is 0 Å². The Morgan fingerprint density at radius 2 is 1.81 bits per heavy atom. The fourth-order valence-electron chi connectivity index (χ4n) is 2.89. The van der Waals surface area contributed by atoms with Gasteiger partial charge in [0.1, 0.15) is 5.82 Å². The van der Waals surface area contributed by atoms with Gasteiger partial charge in [-0.25, -0.2) is 9.07 Å². The molecule has 0 saturated heterocycles. The molecule has 0 aliphatic rings. The molecule has 0 spiro atoms. The molecule has 2 aromatic carbocycles. The van der Waals surface area contributed by atoms with Gasteiger partial charge >= 0.3 is 0 Å². The Kier molecular flexibility index (Phi) is 4.72. The summed E-state index contributed by atoms with van der Waals surface area (Å²) in [6.07, 6.45) is 1.82. The van der Waals surface area contributed by atoms with E-state index in [0.29, 0.717) is 16.6 Å². The van der Waals surface area contributed by atoms with Crippen LogP contribution in [0.1, 0.15) is 16.8 Å². The third-order valence-electron chi connectivity index (χ3n) is 4.16. The molecule has 2 aromatic heterocycles. The number of rotatable bonds is 5. The van der Waals surface area contributed by atoms with Crippen LogP contribution in [-0.4, -0.2) is 30.0 Å². The topological polar surface area (TPSA) is 61.4 Å². The molecule has 0 bridgehead atoms. The third-order valence-corrected chi connectivity index (χ3v) is 5.11. The third kappa shape index (κ3) is 3.61. The summed E-state index contributed by atoms with van der Waals surface area (Å²) in [5.74, 6) is 0.319. The molecule has 8 heteroatoms. The molecule has 2 heterocycles. The summed E-state index contributed by atoms with van der Waals surface area (Å²) in [4.78, 5) is 0. The van der Waals surface area contributed by atoms with Crippen LogP contribution in [0.5, 0.6) is 0 Å². The molecule has 0 unspecified atom stereocenters. The van der Waals surface area contributed by atoms with Crippen LogP contribution >= 0.6 is 11.8 Å². The van der Waals surface area contributed by atoms with Crippen molar-refractivity contribution in [3.8, 4) is 11.4 Å². The fraction of sp³-hybridized carbons (Fsp3) is 0.158. The first-order valence-corrected chi connectivity index (χ1v) is 9.38. The van der Waals surface area contributed by atoms with E-state index < -0.39 is 0 Å². The lowest BCUT2D eigenvalue weighted by Gasteiger charge is -2.10. The average Bonchev–Trinajstić information content (AvgIpc) is 3.29. The number of aryl methyl sites for hydroxylation is 2. The van der Waals surface area contributed by atoms with Crippen LogP contribution in [0.2, 0.25) is 0 Å². The Morgan fingerprint density at radius 3 is 2.59 bits per heavy atom. The van der Waals surface area contributed by atoms with Gasteiger partial charge in [-0.15, -0.1) is 5.10 Å². The summed E-state index contributed by atoms with van der Waals surface area (Å²) in [5, 5.41) is 17.3. The average molecular weight is 380 g/mol. The van der Waals surface area contributed by atoms with Gasteiger partial charge in [-0.1, -0.05) is 36.0 Å². The summed E-state index contributed by atoms with van der Waals surface area (Å²) >= 11 is 1.51. The van der Waals surface area contributed by atoms with Crippen molar-refractivity contribution in [1.29, 1.82) is 0 Å². The summed E-state index contributed by atoms with van der Waals surface area (Å²) in [6.45, 7) is 4.08. The molecule has 0 atom stereocenters. The fourth-order valence-corrected chi connectivity index (χ4v) is 3.66. The second kappa shape index (κ2) is 7.32. The standard InChI is InChI=1S/C19H17FN6S/c1-13-5-3-6-14(2)18(13)26-19(21-23-24-26)27-12-16-9-10-25(22-16)17-8-4-7-15(20)11-17/h3-11H,12H2,1-2H3. The maximum atomic E-state index is 13.4. The molecule has 27 heavy (non-hydrogen) atoms. The van der Waals surface area contributed by atoms with Crippen molar-refractivity contribution in [2.75, 3.05) is 0 Å². The maximum Gasteiger partial charge on any atom is 0.214 e. The highest BCUT2D eigenvalue weighted by Crippen LogP contribution is 2.25. The lowest BCUT2D eigenvalue weighted by molar-refractivity contribution is 0.625. The Morgan fingerprint density at radius 1 is 1.04 bits per heavy atom. The molecule has 0 fully saturated rings. The molecule has 6 nitrogen and oxygen atoms in total. The van der Waals surface area contributed by atoms with Crippen molar-refractivity contribution < 1.29 is 4.39 Å². The van der Waals surface area contributed by atoms with Crippen LogP contribution in [-0.2, 0) is 5.75 Å². The molecular weight excluding hydrogens is 363 g/mol. The molecule has 0 radical (unpaired) electrons. The number of aromatic nitrogens is 6. The Labute approximate surface area is 160 Å². The zero-order valence-electron chi connectivity index (χ0n) is 14.9. The zero-order valence-corrected chi connectivity index (χ0v) is 15.7. The van der Waals surface area contributed by atoms with Gasteiger partial charge in [0.2, 0.25) is 5.16 Å². The van der Waals surface area contributed by atoms with Crippen molar-refractivity contribution in [3.63, 3.8) is 0 Å². The summed E-state index contributed by atoms with van der Waals surface area (Å²) < 4.78 is 16.8. The van der Waals surface area contributed by atoms with Gasteiger partial charge in [0.15, 0.2) is 0 Å². The molecular formula is C19H17FN6S. The molecule has 0 saturated carbocycles. The van der Waals surface area contributed by atoms with E-state index in [-0.39, 0.29) is 5.82 Å². The number of hydrogen-bond acceptors (Lipinski definition) is 5. The number of para-hydroxylation sites is 1. The molecule has 4 rings (SSSR count). The number of hydrogen-bond donors (Lipinski definition) is 0. The van der Waals surface area contributed by atoms with E-state index in [2.05, 4.69) is 20.6 Å². The highest BCUT2D eigenvalue weighted by atomic mass is 32.2. The minimum atomic E-state index is -0.285.